The Balaban J connectivity index is 1.72. The lowest BCUT2D eigenvalue weighted by Crippen LogP contribution is -2.71. The van der Waals surface area contributed by atoms with E-state index in [0.29, 0.717) is 17.2 Å². The Morgan fingerprint density at radius 3 is 2.52 bits per heavy atom. The van der Waals surface area contributed by atoms with E-state index in [-0.39, 0.29) is 29.3 Å². The fourth-order valence-corrected chi connectivity index (χ4v) is 4.48. The molecule has 0 spiro atoms. The second-order valence-electron chi connectivity index (χ2n) is 7.43. The fraction of sp³-hybridized carbons (Fsp3) is 0.333. The summed E-state index contributed by atoms with van der Waals surface area (Å²) in [5.74, 6) is -0.422. The molecule has 1 fully saturated rings. The van der Waals surface area contributed by atoms with Gasteiger partial charge in [0.1, 0.15) is 23.0 Å². The van der Waals surface area contributed by atoms with Crippen LogP contribution in [0.3, 0.4) is 0 Å². The molecule has 3 rings (SSSR count). The molecule has 1 saturated heterocycles. The van der Waals surface area contributed by atoms with Gasteiger partial charge in [0.05, 0.1) is 6.61 Å². The van der Waals surface area contributed by atoms with Crippen LogP contribution in [0, 0.1) is 5.92 Å². The van der Waals surface area contributed by atoms with Gasteiger partial charge in [0.2, 0.25) is 0 Å². The van der Waals surface area contributed by atoms with Gasteiger partial charge in [0, 0.05) is 22.8 Å². The first kappa shape index (κ1) is 22.9. The molecule has 1 unspecified atom stereocenters. The van der Waals surface area contributed by atoms with Gasteiger partial charge in [-0.2, -0.15) is 0 Å². The van der Waals surface area contributed by atoms with E-state index in [0.717, 1.165) is 0 Å². The smallest absolute Gasteiger partial charge is 0.254 e. The lowest BCUT2D eigenvalue weighted by molar-refractivity contribution is -0.148. The number of β-lactam (4-membered cyclic amide) rings is 1. The van der Waals surface area contributed by atoms with Crippen molar-refractivity contribution in [1.82, 2.24) is 15.5 Å². The number of carbonyl (C=O) groups excluding carboxylic acids is 3. The third-order valence-corrected chi connectivity index (χ3v) is 6.44. The average molecular weight is 447 g/mol. The highest BCUT2D eigenvalue weighted by atomic mass is 32.2. The quantitative estimate of drug-likeness (QED) is 0.300. The Morgan fingerprint density at radius 2 is 1.94 bits per heavy atom. The Labute approximate surface area is 183 Å². The summed E-state index contributed by atoms with van der Waals surface area (Å²) in [6.45, 7) is 6.86. The van der Waals surface area contributed by atoms with Gasteiger partial charge in [-0.3, -0.25) is 19.3 Å². The molecular weight excluding hydrogens is 422 g/mol. The molecule has 0 saturated carbocycles. The van der Waals surface area contributed by atoms with Crippen molar-refractivity contribution in [3.05, 3.63) is 59.3 Å². The predicted octanol–water partition coefficient (Wildman–Crippen LogP) is 0.316. The average Bonchev–Trinajstić information content (AvgIpc) is 2.75. The molecule has 3 atom stereocenters. The van der Waals surface area contributed by atoms with E-state index in [9.17, 15) is 29.7 Å². The number of aromatic hydroxyl groups is 1. The normalized spacial score (nSPS) is 21.3. The van der Waals surface area contributed by atoms with Crippen LogP contribution in [0.15, 0.2) is 47.8 Å². The zero-order valence-electron chi connectivity index (χ0n) is 17.1. The Morgan fingerprint density at radius 1 is 1.29 bits per heavy atom. The van der Waals surface area contributed by atoms with E-state index in [1.807, 2.05) is 0 Å². The van der Waals surface area contributed by atoms with Crippen LogP contribution in [0.2, 0.25) is 0 Å². The molecule has 5 N–H and O–H groups in total. The number of fused-ring (bicyclic) bond motifs is 1. The Hall–Kier alpha value is -2.82. The number of phenolic OH excluding ortho intramolecular Hbond substituents is 1. The van der Waals surface area contributed by atoms with Crippen LogP contribution in [0.1, 0.15) is 25.5 Å². The lowest BCUT2D eigenvalue weighted by atomic mass is 10.0. The van der Waals surface area contributed by atoms with Gasteiger partial charge in [-0.25, -0.2) is 0 Å². The summed E-state index contributed by atoms with van der Waals surface area (Å²) in [5.41, 5.74) is 1.02. The maximum atomic E-state index is 12.8. The van der Waals surface area contributed by atoms with Crippen LogP contribution in [0.5, 0.6) is 5.75 Å². The summed E-state index contributed by atoms with van der Waals surface area (Å²) in [5, 5.41) is 34.0. The summed E-state index contributed by atoms with van der Waals surface area (Å²) in [6.07, 6.45) is -1.51. The Bertz CT molecular complexity index is 943. The second kappa shape index (κ2) is 9.13. The first-order valence-corrected chi connectivity index (χ1v) is 10.6. The van der Waals surface area contributed by atoms with Gasteiger partial charge < -0.3 is 26.0 Å². The summed E-state index contributed by atoms with van der Waals surface area (Å²) >= 11 is 1.33. The highest BCUT2D eigenvalue weighted by Gasteiger charge is 2.53. The second-order valence-corrected chi connectivity index (χ2v) is 8.54. The summed E-state index contributed by atoms with van der Waals surface area (Å²) in [6, 6.07) is 4.62. The molecule has 165 valence electrons. The van der Waals surface area contributed by atoms with Crippen LogP contribution in [-0.4, -0.2) is 61.7 Å². The SMILES string of the molecule is C=C([C](C)C)C(=O)NC1=C(CO)CS[C@H]2[C@@H](NC(=O)C(O)c3ccc(O)cc3)C(=O)N12. The standard InChI is InChI=1S/C21H24N3O6S/c1-10(2)11(3)18(28)23-17-13(8-25)9-31-21-15(20(30)24(17)21)22-19(29)16(27)12-4-6-14(26)7-5-12/h4-7,15-16,21,25-27H,3,8-9H2,1-2H3,(H,22,29)(H,23,28)/t15-,16?,21-/m0/s1. The fourth-order valence-electron chi connectivity index (χ4n) is 3.15. The zero-order valence-corrected chi connectivity index (χ0v) is 17.9. The number of aliphatic hydroxyl groups excluding tert-OH is 2. The van der Waals surface area contributed by atoms with Crippen molar-refractivity contribution >= 4 is 29.5 Å². The molecule has 0 aliphatic carbocycles. The molecular formula is C21H24N3O6S. The third-order valence-electron chi connectivity index (χ3n) is 5.10. The van der Waals surface area contributed by atoms with Crippen molar-refractivity contribution in [1.29, 1.82) is 0 Å². The summed E-state index contributed by atoms with van der Waals surface area (Å²) in [4.78, 5) is 39.0. The minimum absolute atomic E-state index is 0.000578. The first-order chi connectivity index (χ1) is 14.6. The minimum atomic E-state index is -1.51. The number of aliphatic hydroxyl groups is 2. The van der Waals surface area contributed by atoms with Crippen LogP contribution >= 0.6 is 11.8 Å². The van der Waals surface area contributed by atoms with Gasteiger partial charge in [-0.1, -0.05) is 32.6 Å². The monoisotopic (exact) mass is 446 g/mol. The molecule has 0 aromatic heterocycles. The summed E-state index contributed by atoms with van der Waals surface area (Å²) in [7, 11) is 0. The number of amides is 3. The van der Waals surface area contributed by atoms with Crippen molar-refractivity contribution in [3.8, 4) is 5.75 Å². The van der Waals surface area contributed by atoms with E-state index in [1.165, 1.54) is 40.9 Å². The van der Waals surface area contributed by atoms with Crippen LogP contribution in [0.25, 0.3) is 0 Å². The van der Waals surface area contributed by atoms with Gasteiger partial charge in [0.15, 0.2) is 6.10 Å². The third kappa shape index (κ3) is 4.46. The molecule has 9 nitrogen and oxygen atoms in total. The van der Waals surface area contributed by atoms with Crippen molar-refractivity contribution in [2.45, 2.75) is 31.4 Å². The van der Waals surface area contributed by atoms with Crippen molar-refractivity contribution in [2.75, 3.05) is 12.4 Å². The predicted molar refractivity (Wildman–Crippen MR) is 114 cm³/mol. The molecule has 10 heteroatoms. The molecule has 2 heterocycles. The Kier molecular flexibility index (Phi) is 6.73. The molecule has 31 heavy (non-hydrogen) atoms. The largest absolute Gasteiger partial charge is 0.508 e. The topological polar surface area (TPSA) is 139 Å². The number of hydrogen-bond acceptors (Lipinski definition) is 7. The molecule has 2 aliphatic heterocycles. The van der Waals surface area contributed by atoms with Crippen molar-refractivity contribution < 1.29 is 29.7 Å². The summed E-state index contributed by atoms with van der Waals surface area (Å²) < 4.78 is 0. The molecule has 2 aliphatic rings. The zero-order chi connectivity index (χ0) is 22.9. The molecule has 1 aromatic rings. The number of hydrogen-bond donors (Lipinski definition) is 5. The van der Waals surface area contributed by atoms with Crippen LogP contribution < -0.4 is 10.6 Å². The number of thioether (sulfide) groups is 1. The van der Waals surface area contributed by atoms with Gasteiger partial charge in [-0.05, 0) is 17.7 Å². The highest BCUT2D eigenvalue weighted by Crippen LogP contribution is 2.39. The number of benzene rings is 1. The van der Waals surface area contributed by atoms with Gasteiger partial charge >= 0.3 is 0 Å². The van der Waals surface area contributed by atoms with E-state index in [2.05, 4.69) is 17.2 Å². The highest BCUT2D eigenvalue weighted by molar-refractivity contribution is 8.00. The van der Waals surface area contributed by atoms with E-state index in [4.69, 9.17) is 0 Å². The maximum absolute atomic E-state index is 12.8. The van der Waals surface area contributed by atoms with Crippen molar-refractivity contribution in [3.63, 3.8) is 0 Å². The number of carbonyl (C=O) groups is 3. The lowest BCUT2D eigenvalue weighted by Gasteiger charge is -2.50. The number of rotatable bonds is 7. The van der Waals surface area contributed by atoms with Crippen LogP contribution in [0.4, 0.5) is 0 Å². The minimum Gasteiger partial charge on any atom is -0.508 e. The first-order valence-electron chi connectivity index (χ1n) is 9.51. The van der Waals surface area contributed by atoms with Crippen molar-refractivity contribution in [2.24, 2.45) is 0 Å². The van der Waals surface area contributed by atoms with E-state index < -0.39 is 35.2 Å². The maximum Gasteiger partial charge on any atom is 0.254 e. The van der Waals surface area contributed by atoms with Gasteiger partial charge in [-0.15, -0.1) is 11.8 Å². The van der Waals surface area contributed by atoms with E-state index >= 15 is 0 Å². The molecule has 1 radical (unpaired) electrons. The number of nitrogens with zero attached hydrogens (tertiary/aromatic N) is 1. The number of phenols is 1. The van der Waals surface area contributed by atoms with Gasteiger partial charge in [0.25, 0.3) is 17.7 Å². The molecule has 1 aromatic carbocycles. The molecule has 3 amide bonds. The van der Waals surface area contributed by atoms with E-state index in [1.54, 1.807) is 13.8 Å². The van der Waals surface area contributed by atoms with Crippen LogP contribution in [-0.2, 0) is 14.4 Å². The number of nitrogens with one attached hydrogen (secondary N) is 2. The molecule has 0 bridgehead atoms.